The number of hydrogen-bond acceptors (Lipinski definition) is 8. The van der Waals surface area contributed by atoms with Crippen molar-refractivity contribution in [2.75, 3.05) is 32.2 Å². The van der Waals surface area contributed by atoms with Crippen molar-refractivity contribution < 1.29 is 9.47 Å². The van der Waals surface area contributed by atoms with Crippen LogP contribution < -0.4 is 20.7 Å². The standard InChI is InChI=1S/C11H20N6O2/c1-3-6-18-10-13-9(16-12)14-11(15-10)19-8-4-5-17(2)7-8/h8H,3-7,12H2,1-2H3,(H,13,14,15,16). The highest BCUT2D eigenvalue weighted by molar-refractivity contribution is 5.25. The number of nitrogens with one attached hydrogen (secondary N) is 1. The third-order valence-corrected chi connectivity index (χ3v) is 2.78. The van der Waals surface area contributed by atoms with Crippen molar-refractivity contribution in [3.8, 4) is 12.0 Å². The van der Waals surface area contributed by atoms with Gasteiger partial charge in [0.25, 0.3) is 0 Å². The molecule has 0 spiro atoms. The summed E-state index contributed by atoms with van der Waals surface area (Å²) in [6, 6.07) is 0.473. The fourth-order valence-electron chi connectivity index (χ4n) is 1.85. The number of rotatable bonds is 6. The monoisotopic (exact) mass is 268 g/mol. The average Bonchev–Trinajstić information content (AvgIpc) is 2.81. The first-order chi connectivity index (χ1) is 9.21. The van der Waals surface area contributed by atoms with Crippen LogP contribution in [0, 0.1) is 0 Å². The number of nitrogen functional groups attached to an aromatic ring is 1. The summed E-state index contributed by atoms with van der Waals surface area (Å²) in [6.07, 6.45) is 1.93. The molecule has 1 aliphatic heterocycles. The van der Waals surface area contributed by atoms with Crippen LogP contribution in [-0.2, 0) is 0 Å². The molecule has 0 saturated carbocycles. The molecule has 1 saturated heterocycles. The lowest BCUT2D eigenvalue weighted by Gasteiger charge is -2.13. The Morgan fingerprint density at radius 3 is 2.79 bits per heavy atom. The number of likely N-dealkylation sites (N-methyl/N-ethyl adjacent to an activating group) is 1. The first-order valence-corrected chi connectivity index (χ1v) is 6.42. The first kappa shape index (κ1) is 13.8. The van der Waals surface area contributed by atoms with Crippen LogP contribution in [0.3, 0.4) is 0 Å². The zero-order valence-corrected chi connectivity index (χ0v) is 11.3. The van der Waals surface area contributed by atoms with Gasteiger partial charge in [0.15, 0.2) is 0 Å². The van der Waals surface area contributed by atoms with Crippen molar-refractivity contribution >= 4 is 5.95 Å². The van der Waals surface area contributed by atoms with Gasteiger partial charge < -0.3 is 14.4 Å². The van der Waals surface area contributed by atoms with Gasteiger partial charge in [0.1, 0.15) is 6.10 Å². The molecular formula is C11H20N6O2. The van der Waals surface area contributed by atoms with Gasteiger partial charge in [-0.2, -0.15) is 9.97 Å². The van der Waals surface area contributed by atoms with Crippen LogP contribution in [0.15, 0.2) is 0 Å². The Balaban J connectivity index is 2.05. The van der Waals surface area contributed by atoms with Crippen LogP contribution in [0.2, 0.25) is 0 Å². The second-order valence-corrected chi connectivity index (χ2v) is 4.51. The van der Waals surface area contributed by atoms with Crippen LogP contribution in [-0.4, -0.2) is 52.7 Å². The summed E-state index contributed by atoms with van der Waals surface area (Å²) in [4.78, 5) is 14.4. The van der Waals surface area contributed by atoms with Crippen molar-refractivity contribution in [2.45, 2.75) is 25.9 Å². The van der Waals surface area contributed by atoms with E-state index in [-0.39, 0.29) is 24.1 Å². The lowest BCUT2D eigenvalue weighted by molar-refractivity contribution is 0.186. The molecule has 8 nitrogen and oxygen atoms in total. The Labute approximate surface area is 112 Å². The molecule has 1 aromatic heterocycles. The number of likely N-dealkylation sites (tertiary alicyclic amines) is 1. The second-order valence-electron chi connectivity index (χ2n) is 4.51. The maximum Gasteiger partial charge on any atom is 0.324 e. The van der Waals surface area contributed by atoms with Gasteiger partial charge >= 0.3 is 12.0 Å². The van der Waals surface area contributed by atoms with Crippen LogP contribution in [0.4, 0.5) is 5.95 Å². The highest BCUT2D eigenvalue weighted by Crippen LogP contribution is 2.17. The summed E-state index contributed by atoms with van der Waals surface area (Å²) in [7, 11) is 2.05. The molecule has 8 heteroatoms. The van der Waals surface area contributed by atoms with Gasteiger partial charge in [-0.1, -0.05) is 6.92 Å². The number of aromatic nitrogens is 3. The molecule has 1 fully saturated rings. The summed E-state index contributed by atoms with van der Waals surface area (Å²) >= 11 is 0. The summed E-state index contributed by atoms with van der Waals surface area (Å²) in [5, 5.41) is 0. The largest absolute Gasteiger partial charge is 0.463 e. The average molecular weight is 268 g/mol. The Kier molecular flexibility index (Phi) is 4.69. The number of hydrazine groups is 1. The van der Waals surface area contributed by atoms with Crippen molar-refractivity contribution in [1.82, 2.24) is 19.9 Å². The van der Waals surface area contributed by atoms with Gasteiger partial charge in [0.05, 0.1) is 6.61 Å². The zero-order chi connectivity index (χ0) is 13.7. The predicted octanol–water partition coefficient (Wildman–Crippen LogP) is 0.0289. The molecule has 0 radical (unpaired) electrons. The molecule has 0 amide bonds. The fraction of sp³-hybridized carbons (Fsp3) is 0.727. The van der Waals surface area contributed by atoms with Gasteiger partial charge in [0, 0.05) is 13.1 Å². The molecule has 1 atom stereocenters. The first-order valence-electron chi connectivity index (χ1n) is 6.42. The molecular weight excluding hydrogens is 248 g/mol. The molecule has 0 aromatic carbocycles. The van der Waals surface area contributed by atoms with Gasteiger partial charge in [-0.3, -0.25) is 5.43 Å². The van der Waals surface area contributed by atoms with E-state index in [9.17, 15) is 0 Å². The van der Waals surface area contributed by atoms with Gasteiger partial charge in [-0.25, -0.2) is 5.84 Å². The molecule has 0 bridgehead atoms. The third kappa shape index (κ3) is 3.90. The normalized spacial score (nSPS) is 19.4. The topological polar surface area (TPSA) is 98.4 Å². The summed E-state index contributed by atoms with van der Waals surface area (Å²) in [6.45, 7) is 4.42. The minimum atomic E-state index is 0.0945. The number of nitrogens with zero attached hydrogens (tertiary/aromatic N) is 4. The number of nitrogens with two attached hydrogens (primary N) is 1. The highest BCUT2D eigenvalue weighted by atomic mass is 16.5. The smallest absolute Gasteiger partial charge is 0.324 e. The molecule has 2 rings (SSSR count). The van der Waals surface area contributed by atoms with E-state index in [4.69, 9.17) is 15.3 Å². The van der Waals surface area contributed by atoms with E-state index in [0.29, 0.717) is 6.61 Å². The quantitative estimate of drug-likeness (QED) is 0.551. The summed E-state index contributed by atoms with van der Waals surface area (Å²) in [5.74, 6) is 5.56. The van der Waals surface area contributed by atoms with E-state index in [1.807, 2.05) is 6.92 Å². The molecule has 106 valence electrons. The van der Waals surface area contributed by atoms with E-state index in [1.54, 1.807) is 0 Å². The van der Waals surface area contributed by atoms with Crippen molar-refractivity contribution in [1.29, 1.82) is 0 Å². The molecule has 19 heavy (non-hydrogen) atoms. The minimum absolute atomic E-state index is 0.0945. The Hall–Kier alpha value is -1.67. The van der Waals surface area contributed by atoms with Gasteiger partial charge in [0.2, 0.25) is 5.95 Å². The van der Waals surface area contributed by atoms with Crippen LogP contribution in [0.5, 0.6) is 12.0 Å². The summed E-state index contributed by atoms with van der Waals surface area (Å²) < 4.78 is 11.1. The van der Waals surface area contributed by atoms with Crippen LogP contribution >= 0.6 is 0 Å². The summed E-state index contributed by atoms with van der Waals surface area (Å²) in [5.41, 5.74) is 2.39. The van der Waals surface area contributed by atoms with Gasteiger partial charge in [-0.15, -0.1) is 4.98 Å². The van der Waals surface area contributed by atoms with Crippen molar-refractivity contribution in [3.05, 3.63) is 0 Å². The molecule has 0 aliphatic carbocycles. The van der Waals surface area contributed by atoms with Gasteiger partial charge in [-0.05, 0) is 19.9 Å². The molecule has 1 unspecified atom stereocenters. The van der Waals surface area contributed by atoms with E-state index in [2.05, 4.69) is 32.3 Å². The number of hydrogen-bond donors (Lipinski definition) is 2. The Morgan fingerprint density at radius 2 is 2.16 bits per heavy atom. The van der Waals surface area contributed by atoms with E-state index in [0.717, 1.165) is 25.9 Å². The minimum Gasteiger partial charge on any atom is -0.463 e. The van der Waals surface area contributed by atoms with Crippen LogP contribution in [0.1, 0.15) is 19.8 Å². The molecule has 3 N–H and O–H groups in total. The van der Waals surface area contributed by atoms with E-state index >= 15 is 0 Å². The molecule has 2 heterocycles. The number of ether oxygens (including phenoxy) is 2. The van der Waals surface area contributed by atoms with E-state index in [1.165, 1.54) is 0 Å². The lowest BCUT2D eigenvalue weighted by atomic mass is 10.3. The van der Waals surface area contributed by atoms with Crippen LogP contribution in [0.25, 0.3) is 0 Å². The Bertz CT molecular complexity index is 416. The maximum atomic E-state index is 5.73. The Morgan fingerprint density at radius 1 is 1.37 bits per heavy atom. The third-order valence-electron chi connectivity index (χ3n) is 2.78. The maximum absolute atomic E-state index is 5.73. The second kappa shape index (κ2) is 6.48. The fourth-order valence-corrected chi connectivity index (χ4v) is 1.85. The zero-order valence-electron chi connectivity index (χ0n) is 11.3. The van der Waals surface area contributed by atoms with E-state index < -0.39 is 0 Å². The molecule has 1 aromatic rings. The predicted molar refractivity (Wildman–Crippen MR) is 70.0 cm³/mol. The lowest BCUT2D eigenvalue weighted by Crippen LogP contribution is -2.23. The molecule has 1 aliphatic rings. The van der Waals surface area contributed by atoms with Crippen molar-refractivity contribution in [2.24, 2.45) is 5.84 Å². The van der Waals surface area contributed by atoms with Crippen molar-refractivity contribution in [3.63, 3.8) is 0 Å². The SMILES string of the molecule is CCCOc1nc(NN)nc(OC2CCN(C)C2)n1. The number of anilines is 1. The highest BCUT2D eigenvalue weighted by Gasteiger charge is 2.22.